The Morgan fingerprint density at radius 2 is 1.38 bits per heavy atom. The first-order chi connectivity index (χ1) is 18.7. The summed E-state index contributed by atoms with van der Waals surface area (Å²) in [4.78, 5) is 6.40. The number of hydrogen-bond donors (Lipinski definition) is 2. The lowest BCUT2D eigenvalue weighted by Crippen LogP contribution is -2.42. The lowest BCUT2D eigenvalue weighted by atomic mass is 10.0. The second kappa shape index (κ2) is 11.4. The summed E-state index contributed by atoms with van der Waals surface area (Å²) < 4.78 is 66.2. The number of benzene rings is 2. The maximum atomic E-state index is 13.3. The minimum Gasteiger partial charge on any atom is -0.382 e. The van der Waals surface area contributed by atoms with Gasteiger partial charge in [0.2, 0.25) is 10.0 Å². The zero-order chi connectivity index (χ0) is 27.5. The molecule has 2 fully saturated rings. The molecule has 11 heteroatoms. The molecule has 0 aliphatic carbocycles. The van der Waals surface area contributed by atoms with Crippen LogP contribution in [0.15, 0.2) is 77.8 Å². The number of hydrogen-bond acceptors (Lipinski definition) is 6. The Balaban J connectivity index is 1.12. The predicted octanol–water partition coefficient (Wildman–Crippen LogP) is 5.45. The average Bonchev–Trinajstić information content (AvgIpc) is 2.94. The molecule has 0 bridgehead atoms. The van der Waals surface area contributed by atoms with E-state index in [1.165, 1.54) is 10.4 Å². The highest BCUT2D eigenvalue weighted by Crippen LogP contribution is 2.30. The third kappa shape index (κ3) is 6.65. The van der Waals surface area contributed by atoms with Gasteiger partial charge >= 0.3 is 6.18 Å². The number of anilines is 3. The minimum atomic E-state index is -4.43. The van der Waals surface area contributed by atoms with E-state index in [1.807, 2.05) is 30.3 Å². The maximum absolute atomic E-state index is 13.3. The quantitative estimate of drug-likeness (QED) is 0.401. The van der Waals surface area contributed by atoms with E-state index in [-0.39, 0.29) is 10.9 Å². The summed E-state index contributed by atoms with van der Waals surface area (Å²) in [5, 5.41) is 6.70. The molecule has 0 saturated carbocycles. The topological polar surface area (TPSA) is 77.6 Å². The largest absolute Gasteiger partial charge is 0.417 e. The van der Waals surface area contributed by atoms with Crippen LogP contribution in [0.3, 0.4) is 0 Å². The first kappa shape index (κ1) is 27.3. The van der Waals surface area contributed by atoms with E-state index in [1.54, 1.807) is 12.1 Å². The predicted molar refractivity (Wildman–Crippen MR) is 146 cm³/mol. The molecule has 0 spiro atoms. The van der Waals surface area contributed by atoms with Gasteiger partial charge in [0.15, 0.2) is 0 Å². The molecule has 0 unspecified atom stereocenters. The van der Waals surface area contributed by atoms with E-state index < -0.39 is 21.8 Å². The molecule has 1 aromatic heterocycles. The highest BCUT2D eigenvalue weighted by molar-refractivity contribution is 7.89. The number of halogens is 3. The van der Waals surface area contributed by atoms with Crippen LogP contribution in [-0.4, -0.2) is 56.0 Å². The van der Waals surface area contributed by atoms with E-state index >= 15 is 0 Å². The normalized spacial score (nSPS) is 18.2. The van der Waals surface area contributed by atoms with Crippen LogP contribution in [0.1, 0.15) is 31.2 Å². The Morgan fingerprint density at radius 3 is 1.97 bits per heavy atom. The Hall–Kier alpha value is -3.31. The summed E-state index contributed by atoms with van der Waals surface area (Å²) in [6.07, 6.45) is -0.562. The Kier molecular flexibility index (Phi) is 7.99. The zero-order valence-corrected chi connectivity index (χ0v) is 22.3. The molecular weight excluding hydrogens is 527 g/mol. The summed E-state index contributed by atoms with van der Waals surface area (Å²) in [6.45, 7) is 2.43. The smallest absolute Gasteiger partial charge is 0.382 e. The van der Waals surface area contributed by atoms with Crippen molar-refractivity contribution in [3.63, 3.8) is 0 Å². The van der Waals surface area contributed by atoms with Gasteiger partial charge in [-0.25, -0.2) is 13.4 Å². The molecular formula is C28H32F3N5O2S. The highest BCUT2D eigenvalue weighted by atomic mass is 32.2. The fourth-order valence-electron chi connectivity index (χ4n) is 5.13. The van der Waals surface area contributed by atoms with Gasteiger partial charge in [0.25, 0.3) is 0 Å². The second-order valence-electron chi connectivity index (χ2n) is 10.0. The fraction of sp³-hybridized carbons (Fsp3) is 0.393. The number of nitrogens with one attached hydrogen (secondary N) is 2. The van der Waals surface area contributed by atoms with E-state index in [0.29, 0.717) is 37.8 Å². The Bertz CT molecular complexity index is 1320. The first-order valence-corrected chi connectivity index (χ1v) is 14.6. The molecule has 7 nitrogen and oxygen atoms in total. The number of piperidine rings is 2. The van der Waals surface area contributed by atoms with Crippen molar-refractivity contribution in [1.82, 2.24) is 9.29 Å². The monoisotopic (exact) mass is 559 g/mol. The van der Waals surface area contributed by atoms with Gasteiger partial charge in [-0.05, 0) is 74.2 Å². The fourth-order valence-corrected chi connectivity index (χ4v) is 6.60. The number of pyridine rings is 1. The van der Waals surface area contributed by atoms with Crippen LogP contribution >= 0.6 is 0 Å². The van der Waals surface area contributed by atoms with Crippen LogP contribution < -0.4 is 15.5 Å². The lowest BCUT2D eigenvalue weighted by Gasteiger charge is -2.34. The first-order valence-electron chi connectivity index (χ1n) is 13.1. The van der Waals surface area contributed by atoms with E-state index in [9.17, 15) is 21.6 Å². The molecule has 0 atom stereocenters. The van der Waals surface area contributed by atoms with Crippen LogP contribution in [0.4, 0.5) is 30.4 Å². The molecule has 3 aromatic rings. The van der Waals surface area contributed by atoms with Gasteiger partial charge in [0.05, 0.1) is 10.5 Å². The van der Waals surface area contributed by atoms with Gasteiger partial charge < -0.3 is 15.5 Å². The molecule has 39 heavy (non-hydrogen) atoms. The Morgan fingerprint density at radius 1 is 0.769 bits per heavy atom. The Labute approximate surface area is 227 Å². The molecule has 0 radical (unpaired) electrons. The summed E-state index contributed by atoms with van der Waals surface area (Å²) in [6, 6.07) is 19.9. The van der Waals surface area contributed by atoms with Crippen molar-refractivity contribution in [3.05, 3.63) is 78.5 Å². The van der Waals surface area contributed by atoms with Gasteiger partial charge in [0.1, 0.15) is 5.82 Å². The van der Waals surface area contributed by atoms with Gasteiger partial charge in [-0.3, -0.25) is 0 Å². The van der Waals surface area contributed by atoms with Crippen molar-refractivity contribution >= 4 is 27.2 Å². The molecule has 0 amide bonds. The molecule has 208 valence electrons. The molecule has 2 aromatic carbocycles. The molecule has 2 aliphatic rings. The van der Waals surface area contributed by atoms with Gasteiger partial charge in [0, 0.05) is 55.8 Å². The van der Waals surface area contributed by atoms with Crippen molar-refractivity contribution in [1.29, 1.82) is 0 Å². The molecule has 3 heterocycles. The van der Waals surface area contributed by atoms with E-state index in [4.69, 9.17) is 0 Å². The van der Waals surface area contributed by atoms with Gasteiger partial charge in [-0.1, -0.05) is 18.2 Å². The van der Waals surface area contributed by atoms with Crippen LogP contribution in [0, 0.1) is 0 Å². The number of rotatable bonds is 7. The van der Waals surface area contributed by atoms with Crippen molar-refractivity contribution in [2.24, 2.45) is 0 Å². The standard InChI is InChI=1S/C28H32F3N5O2S/c29-28(30,31)21-6-11-27(32-20-21)34-24-14-18-36(19-15-24)39(37,38)26-9-7-25(8-10-26)35-16-12-23(13-17-35)33-22-4-2-1-3-5-22/h1-11,20,23-24,33H,12-19H2,(H,32,34). The third-order valence-corrected chi connectivity index (χ3v) is 9.29. The second-order valence-corrected chi connectivity index (χ2v) is 12.0. The van der Waals surface area contributed by atoms with E-state index in [0.717, 1.165) is 49.6 Å². The molecule has 2 saturated heterocycles. The number of aromatic nitrogens is 1. The summed E-state index contributed by atoms with van der Waals surface area (Å²) in [7, 11) is -3.63. The van der Waals surface area contributed by atoms with Gasteiger partial charge in [-0.2, -0.15) is 17.5 Å². The van der Waals surface area contributed by atoms with Crippen molar-refractivity contribution in [2.45, 2.75) is 48.8 Å². The van der Waals surface area contributed by atoms with Crippen LogP contribution in [0.2, 0.25) is 0 Å². The van der Waals surface area contributed by atoms with Crippen molar-refractivity contribution in [3.8, 4) is 0 Å². The number of nitrogens with zero attached hydrogens (tertiary/aromatic N) is 3. The molecule has 2 N–H and O–H groups in total. The van der Waals surface area contributed by atoms with Gasteiger partial charge in [-0.15, -0.1) is 0 Å². The summed E-state index contributed by atoms with van der Waals surface area (Å²) in [5.74, 6) is 0.347. The minimum absolute atomic E-state index is 0.0672. The van der Waals surface area contributed by atoms with Crippen LogP contribution in [0.5, 0.6) is 0 Å². The third-order valence-electron chi connectivity index (χ3n) is 7.38. The number of alkyl halides is 3. The summed E-state index contributed by atoms with van der Waals surface area (Å²) in [5.41, 5.74) is 1.34. The molecule has 2 aliphatic heterocycles. The number of sulfonamides is 1. The molecule has 5 rings (SSSR count). The van der Waals surface area contributed by atoms with Crippen molar-refractivity contribution < 1.29 is 21.6 Å². The van der Waals surface area contributed by atoms with Crippen molar-refractivity contribution in [2.75, 3.05) is 41.7 Å². The maximum Gasteiger partial charge on any atom is 0.417 e. The van der Waals surface area contributed by atoms with E-state index in [2.05, 4.69) is 32.7 Å². The SMILES string of the molecule is O=S(=O)(c1ccc(N2CCC(Nc3ccccc3)CC2)cc1)N1CCC(Nc2ccc(C(F)(F)F)cn2)CC1. The number of para-hydroxylation sites is 1. The lowest BCUT2D eigenvalue weighted by molar-refractivity contribution is -0.137. The van der Waals surface area contributed by atoms with Crippen LogP contribution in [0.25, 0.3) is 0 Å². The average molecular weight is 560 g/mol. The zero-order valence-electron chi connectivity index (χ0n) is 21.4. The highest BCUT2D eigenvalue weighted by Gasteiger charge is 2.32. The summed E-state index contributed by atoms with van der Waals surface area (Å²) >= 11 is 0. The van der Waals surface area contributed by atoms with Crippen LogP contribution in [-0.2, 0) is 16.2 Å².